The third-order valence-corrected chi connectivity index (χ3v) is 4.25. The number of anilines is 1. The predicted octanol–water partition coefficient (Wildman–Crippen LogP) is 3.11. The van der Waals surface area contributed by atoms with Crippen LogP contribution in [0.5, 0.6) is 5.75 Å². The van der Waals surface area contributed by atoms with Gasteiger partial charge in [-0.2, -0.15) is 0 Å². The Morgan fingerprint density at radius 1 is 1.33 bits per heavy atom. The van der Waals surface area contributed by atoms with Crippen molar-refractivity contribution in [2.45, 2.75) is 45.6 Å². The second-order valence-corrected chi connectivity index (χ2v) is 5.99. The Morgan fingerprint density at radius 2 is 2.10 bits per heavy atom. The molecule has 1 aromatic carbocycles. The number of aryl methyl sites for hydroxylation is 1. The van der Waals surface area contributed by atoms with Crippen LogP contribution in [0.2, 0.25) is 0 Å². The zero-order valence-electron chi connectivity index (χ0n) is 13.2. The lowest BCUT2D eigenvalue weighted by atomic mass is 9.86. The van der Waals surface area contributed by atoms with E-state index in [4.69, 9.17) is 4.74 Å². The van der Waals surface area contributed by atoms with Crippen LogP contribution < -0.4 is 15.4 Å². The molecule has 2 rings (SSSR count). The van der Waals surface area contributed by atoms with E-state index in [9.17, 15) is 4.79 Å². The molecule has 2 N–H and O–H groups in total. The van der Waals surface area contributed by atoms with E-state index in [-0.39, 0.29) is 12.5 Å². The minimum atomic E-state index is 0.0531. The minimum absolute atomic E-state index is 0.0531. The third kappa shape index (κ3) is 4.38. The molecule has 4 nitrogen and oxygen atoms in total. The van der Waals surface area contributed by atoms with E-state index in [0.29, 0.717) is 12.0 Å². The van der Waals surface area contributed by atoms with Crippen molar-refractivity contribution in [3.05, 3.63) is 23.8 Å². The molecule has 1 aliphatic carbocycles. The van der Waals surface area contributed by atoms with Gasteiger partial charge in [-0.05, 0) is 43.4 Å². The largest absolute Gasteiger partial charge is 0.495 e. The van der Waals surface area contributed by atoms with E-state index in [1.165, 1.54) is 19.3 Å². The second-order valence-electron chi connectivity index (χ2n) is 5.99. The highest BCUT2D eigenvalue weighted by Gasteiger charge is 2.22. The molecule has 21 heavy (non-hydrogen) atoms. The minimum Gasteiger partial charge on any atom is -0.495 e. The van der Waals surface area contributed by atoms with E-state index in [2.05, 4.69) is 17.6 Å². The fourth-order valence-electron chi connectivity index (χ4n) is 2.92. The number of ether oxygens (including phenoxy) is 1. The molecule has 1 amide bonds. The normalized spacial score (nSPS) is 21.7. The highest BCUT2D eigenvalue weighted by atomic mass is 16.5. The van der Waals surface area contributed by atoms with Crippen molar-refractivity contribution >= 4 is 11.6 Å². The molecule has 116 valence electrons. The van der Waals surface area contributed by atoms with Crippen LogP contribution in [0.4, 0.5) is 5.69 Å². The molecular weight excluding hydrogens is 264 g/mol. The average molecular weight is 290 g/mol. The maximum atomic E-state index is 12.1. The molecule has 0 aromatic heterocycles. The highest BCUT2D eigenvalue weighted by molar-refractivity contribution is 5.81. The summed E-state index contributed by atoms with van der Waals surface area (Å²) in [5, 5.41) is 6.32. The number of benzene rings is 1. The summed E-state index contributed by atoms with van der Waals surface area (Å²) in [7, 11) is 1.64. The first-order valence-electron chi connectivity index (χ1n) is 7.78. The van der Waals surface area contributed by atoms with E-state index in [1.54, 1.807) is 7.11 Å². The van der Waals surface area contributed by atoms with Crippen LogP contribution in [0.1, 0.15) is 38.2 Å². The van der Waals surface area contributed by atoms with Crippen molar-refractivity contribution in [2.75, 3.05) is 19.0 Å². The zero-order chi connectivity index (χ0) is 15.2. The summed E-state index contributed by atoms with van der Waals surface area (Å²) in [5.41, 5.74) is 2.00. The summed E-state index contributed by atoms with van der Waals surface area (Å²) < 4.78 is 5.31. The van der Waals surface area contributed by atoms with E-state index in [1.807, 2.05) is 25.1 Å². The first kappa shape index (κ1) is 15.7. The van der Waals surface area contributed by atoms with E-state index >= 15 is 0 Å². The molecule has 0 spiro atoms. The maximum absolute atomic E-state index is 12.1. The fraction of sp³-hybridized carbons (Fsp3) is 0.588. The summed E-state index contributed by atoms with van der Waals surface area (Å²) in [4.78, 5) is 12.1. The predicted molar refractivity (Wildman–Crippen MR) is 85.8 cm³/mol. The van der Waals surface area contributed by atoms with E-state index < -0.39 is 0 Å². The quantitative estimate of drug-likeness (QED) is 0.876. The van der Waals surface area contributed by atoms with Gasteiger partial charge in [0.25, 0.3) is 0 Å². The summed E-state index contributed by atoms with van der Waals surface area (Å²) in [6, 6.07) is 6.23. The van der Waals surface area contributed by atoms with Gasteiger partial charge in [0.05, 0.1) is 19.3 Å². The number of methoxy groups -OCH3 is 1. The van der Waals surface area contributed by atoms with Crippen LogP contribution in [-0.4, -0.2) is 25.6 Å². The SMILES string of the molecule is COc1ccc(C)cc1NCC(=O)NC1CCCCC1C. The van der Waals surface area contributed by atoms with Crippen LogP contribution in [0.25, 0.3) is 0 Å². The van der Waals surface area contributed by atoms with Gasteiger partial charge in [0.1, 0.15) is 5.75 Å². The van der Waals surface area contributed by atoms with Crippen molar-refractivity contribution in [1.29, 1.82) is 0 Å². The molecule has 4 heteroatoms. The third-order valence-electron chi connectivity index (χ3n) is 4.25. The molecule has 0 radical (unpaired) electrons. The van der Waals surface area contributed by atoms with Gasteiger partial charge in [-0.25, -0.2) is 0 Å². The molecular formula is C17H26N2O2. The van der Waals surface area contributed by atoms with Gasteiger partial charge in [-0.15, -0.1) is 0 Å². The van der Waals surface area contributed by atoms with Crippen LogP contribution >= 0.6 is 0 Å². The van der Waals surface area contributed by atoms with Gasteiger partial charge in [0.15, 0.2) is 0 Å². The second kappa shape index (κ2) is 7.34. The molecule has 1 fully saturated rings. The lowest BCUT2D eigenvalue weighted by Gasteiger charge is -2.29. The summed E-state index contributed by atoms with van der Waals surface area (Å²) in [6.45, 7) is 4.53. The van der Waals surface area contributed by atoms with Crippen LogP contribution in [0.3, 0.4) is 0 Å². The standard InChI is InChI=1S/C17H26N2O2/c1-12-8-9-16(21-3)15(10-12)18-11-17(20)19-14-7-5-4-6-13(14)2/h8-10,13-14,18H,4-7,11H2,1-3H3,(H,19,20). The fourth-order valence-corrected chi connectivity index (χ4v) is 2.92. The number of hydrogen-bond acceptors (Lipinski definition) is 3. The topological polar surface area (TPSA) is 50.4 Å². The van der Waals surface area contributed by atoms with Gasteiger partial charge in [-0.1, -0.05) is 25.8 Å². The van der Waals surface area contributed by atoms with Gasteiger partial charge < -0.3 is 15.4 Å². The molecule has 0 saturated heterocycles. The number of rotatable bonds is 5. The first-order chi connectivity index (χ1) is 10.1. The molecule has 0 heterocycles. The molecule has 2 unspecified atom stereocenters. The maximum Gasteiger partial charge on any atom is 0.239 e. The Bertz CT molecular complexity index is 488. The van der Waals surface area contributed by atoms with Crippen molar-refractivity contribution < 1.29 is 9.53 Å². The number of amides is 1. The average Bonchev–Trinajstić information content (AvgIpc) is 2.48. The monoisotopic (exact) mass is 290 g/mol. The molecule has 1 saturated carbocycles. The number of hydrogen-bond donors (Lipinski definition) is 2. The van der Waals surface area contributed by atoms with Crippen molar-refractivity contribution in [3.63, 3.8) is 0 Å². The Labute approximate surface area is 127 Å². The van der Waals surface area contributed by atoms with Crippen LogP contribution in [-0.2, 0) is 4.79 Å². The summed E-state index contributed by atoms with van der Waals surface area (Å²) in [5.74, 6) is 1.40. The Morgan fingerprint density at radius 3 is 2.81 bits per heavy atom. The summed E-state index contributed by atoms with van der Waals surface area (Å²) >= 11 is 0. The van der Waals surface area contributed by atoms with Gasteiger partial charge in [-0.3, -0.25) is 4.79 Å². The Balaban J connectivity index is 1.87. The zero-order valence-corrected chi connectivity index (χ0v) is 13.2. The lowest BCUT2D eigenvalue weighted by Crippen LogP contribution is -2.43. The number of carbonyl (C=O) groups excluding carboxylic acids is 1. The van der Waals surface area contributed by atoms with E-state index in [0.717, 1.165) is 23.4 Å². The lowest BCUT2D eigenvalue weighted by molar-refractivity contribution is -0.120. The van der Waals surface area contributed by atoms with Gasteiger partial charge in [0.2, 0.25) is 5.91 Å². The Kier molecular flexibility index (Phi) is 5.48. The van der Waals surface area contributed by atoms with Crippen molar-refractivity contribution in [2.24, 2.45) is 5.92 Å². The van der Waals surface area contributed by atoms with Crippen molar-refractivity contribution in [3.8, 4) is 5.75 Å². The molecule has 2 atom stereocenters. The highest BCUT2D eigenvalue weighted by Crippen LogP contribution is 2.25. The molecule has 0 aliphatic heterocycles. The van der Waals surface area contributed by atoms with Gasteiger partial charge >= 0.3 is 0 Å². The smallest absolute Gasteiger partial charge is 0.239 e. The molecule has 0 bridgehead atoms. The molecule has 1 aliphatic rings. The van der Waals surface area contributed by atoms with Gasteiger partial charge in [0, 0.05) is 6.04 Å². The number of carbonyl (C=O) groups is 1. The van der Waals surface area contributed by atoms with Crippen LogP contribution in [0, 0.1) is 12.8 Å². The summed E-state index contributed by atoms with van der Waals surface area (Å²) in [6.07, 6.45) is 4.81. The number of nitrogens with one attached hydrogen (secondary N) is 2. The van der Waals surface area contributed by atoms with Crippen molar-refractivity contribution in [1.82, 2.24) is 5.32 Å². The Hall–Kier alpha value is -1.71. The first-order valence-corrected chi connectivity index (χ1v) is 7.78. The van der Waals surface area contributed by atoms with Crippen LogP contribution in [0.15, 0.2) is 18.2 Å². The molecule has 1 aromatic rings.